The Hall–Kier alpha value is -2.18. The molecule has 2 heterocycles. The SMILES string of the molecule is CCn1cc(-c2c(C(=O)O)nnn2C(C)C)cn1. The van der Waals surface area contributed by atoms with Gasteiger partial charge in [-0.25, -0.2) is 9.48 Å². The maximum Gasteiger partial charge on any atom is 0.358 e. The summed E-state index contributed by atoms with van der Waals surface area (Å²) in [7, 11) is 0. The highest BCUT2D eigenvalue weighted by Crippen LogP contribution is 2.24. The lowest BCUT2D eigenvalue weighted by Crippen LogP contribution is -2.06. The fourth-order valence-electron chi connectivity index (χ4n) is 1.73. The van der Waals surface area contributed by atoms with Gasteiger partial charge in [0, 0.05) is 24.3 Å². The van der Waals surface area contributed by atoms with Crippen molar-refractivity contribution in [2.75, 3.05) is 0 Å². The first-order chi connectivity index (χ1) is 8.54. The summed E-state index contributed by atoms with van der Waals surface area (Å²) >= 11 is 0. The number of rotatable bonds is 4. The molecular weight excluding hydrogens is 234 g/mol. The van der Waals surface area contributed by atoms with Gasteiger partial charge in [0.05, 0.1) is 6.20 Å². The minimum Gasteiger partial charge on any atom is -0.476 e. The summed E-state index contributed by atoms with van der Waals surface area (Å²) in [5, 5.41) is 20.9. The third-order valence-corrected chi connectivity index (χ3v) is 2.62. The molecule has 0 atom stereocenters. The predicted molar refractivity (Wildman–Crippen MR) is 64.3 cm³/mol. The van der Waals surface area contributed by atoms with Crippen molar-refractivity contribution >= 4 is 5.97 Å². The molecular formula is C11H15N5O2. The number of aromatic carboxylic acids is 1. The molecule has 0 aliphatic heterocycles. The second-order valence-corrected chi connectivity index (χ2v) is 4.21. The fraction of sp³-hybridized carbons (Fsp3) is 0.455. The van der Waals surface area contributed by atoms with Gasteiger partial charge in [-0.05, 0) is 20.8 Å². The van der Waals surface area contributed by atoms with Gasteiger partial charge in [0.2, 0.25) is 0 Å². The van der Waals surface area contributed by atoms with E-state index in [0.29, 0.717) is 11.3 Å². The highest BCUT2D eigenvalue weighted by atomic mass is 16.4. The van der Waals surface area contributed by atoms with Crippen LogP contribution in [-0.4, -0.2) is 35.9 Å². The first kappa shape index (κ1) is 12.3. The molecule has 0 aliphatic carbocycles. The van der Waals surface area contributed by atoms with Gasteiger partial charge in [0.25, 0.3) is 0 Å². The van der Waals surface area contributed by atoms with Gasteiger partial charge in [-0.15, -0.1) is 5.10 Å². The summed E-state index contributed by atoms with van der Waals surface area (Å²) < 4.78 is 3.33. The molecule has 96 valence electrons. The summed E-state index contributed by atoms with van der Waals surface area (Å²) in [4.78, 5) is 11.2. The normalized spacial score (nSPS) is 11.1. The van der Waals surface area contributed by atoms with Crippen LogP contribution in [0, 0.1) is 0 Å². The molecule has 2 rings (SSSR count). The Bertz CT molecular complexity index is 570. The number of carboxylic acids is 1. The van der Waals surface area contributed by atoms with Crippen molar-refractivity contribution in [2.24, 2.45) is 0 Å². The van der Waals surface area contributed by atoms with E-state index < -0.39 is 5.97 Å². The number of aromatic nitrogens is 5. The van der Waals surface area contributed by atoms with Crippen LogP contribution in [0.5, 0.6) is 0 Å². The largest absolute Gasteiger partial charge is 0.476 e. The van der Waals surface area contributed by atoms with E-state index >= 15 is 0 Å². The first-order valence-corrected chi connectivity index (χ1v) is 5.75. The third-order valence-electron chi connectivity index (χ3n) is 2.62. The second-order valence-electron chi connectivity index (χ2n) is 4.21. The van der Waals surface area contributed by atoms with Crippen molar-refractivity contribution in [2.45, 2.75) is 33.4 Å². The average Bonchev–Trinajstić information content (AvgIpc) is 2.94. The van der Waals surface area contributed by atoms with E-state index in [1.807, 2.05) is 20.8 Å². The van der Waals surface area contributed by atoms with Crippen LogP contribution < -0.4 is 0 Å². The molecule has 7 heteroatoms. The first-order valence-electron chi connectivity index (χ1n) is 5.75. The van der Waals surface area contributed by atoms with Crippen LogP contribution in [0.2, 0.25) is 0 Å². The van der Waals surface area contributed by atoms with E-state index in [-0.39, 0.29) is 11.7 Å². The zero-order chi connectivity index (χ0) is 13.3. The number of carboxylic acid groups (broad SMARTS) is 1. The van der Waals surface area contributed by atoms with E-state index in [4.69, 9.17) is 5.11 Å². The number of carbonyl (C=O) groups is 1. The summed E-state index contributed by atoms with van der Waals surface area (Å²) in [5.41, 5.74) is 1.17. The van der Waals surface area contributed by atoms with Gasteiger partial charge in [0.1, 0.15) is 5.69 Å². The Kier molecular flexibility index (Phi) is 3.14. The van der Waals surface area contributed by atoms with E-state index in [9.17, 15) is 4.79 Å². The minimum absolute atomic E-state index is 0.0329. The van der Waals surface area contributed by atoms with Crippen molar-refractivity contribution in [3.05, 3.63) is 18.1 Å². The van der Waals surface area contributed by atoms with Gasteiger partial charge >= 0.3 is 5.97 Å². The Morgan fingerprint density at radius 1 is 1.50 bits per heavy atom. The summed E-state index contributed by atoms with van der Waals surface area (Å²) in [6.45, 7) is 6.54. The lowest BCUT2D eigenvalue weighted by atomic mass is 10.2. The molecule has 0 radical (unpaired) electrons. The van der Waals surface area contributed by atoms with Crippen LogP contribution in [0.3, 0.4) is 0 Å². The second kappa shape index (κ2) is 4.59. The van der Waals surface area contributed by atoms with Crippen LogP contribution in [0.1, 0.15) is 37.3 Å². The lowest BCUT2D eigenvalue weighted by molar-refractivity contribution is 0.0691. The molecule has 0 amide bonds. The van der Waals surface area contributed by atoms with E-state index in [2.05, 4.69) is 15.4 Å². The van der Waals surface area contributed by atoms with Gasteiger partial charge in [-0.3, -0.25) is 4.68 Å². The van der Waals surface area contributed by atoms with Gasteiger partial charge in [0.15, 0.2) is 5.69 Å². The number of hydrogen-bond donors (Lipinski definition) is 1. The van der Waals surface area contributed by atoms with Crippen LogP contribution >= 0.6 is 0 Å². The van der Waals surface area contributed by atoms with Crippen LogP contribution in [-0.2, 0) is 6.54 Å². The van der Waals surface area contributed by atoms with Crippen molar-refractivity contribution in [3.8, 4) is 11.3 Å². The Labute approximate surface area is 104 Å². The quantitative estimate of drug-likeness (QED) is 0.886. The molecule has 0 bridgehead atoms. The molecule has 7 nitrogen and oxygen atoms in total. The van der Waals surface area contributed by atoms with Crippen molar-refractivity contribution in [1.29, 1.82) is 0 Å². The summed E-state index contributed by atoms with van der Waals surface area (Å²) in [5.74, 6) is -1.08. The number of hydrogen-bond acceptors (Lipinski definition) is 4. The zero-order valence-corrected chi connectivity index (χ0v) is 10.5. The highest BCUT2D eigenvalue weighted by Gasteiger charge is 2.22. The van der Waals surface area contributed by atoms with E-state index in [1.165, 1.54) is 0 Å². The summed E-state index contributed by atoms with van der Waals surface area (Å²) in [6.07, 6.45) is 3.43. The zero-order valence-electron chi connectivity index (χ0n) is 10.5. The Balaban J connectivity index is 2.59. The molecule has 2 aromatic rings. The number of aryl methyl sites for hydroxylation is 1. The van der Waals surface area contributed by atoms with E-state index in [0.717, 1.165) is 6.54 Å². The Morgan fingerprint density at radius 2 is 2.22 bits per heavy atom. The Morgan fingerprint density at radius 3 is 2.72 bits per heavy atom. The van der Waals surface area contributed by atoms with Crippen LogP contribution in [0.25, 0.3) is 11.3 Å². The molecule has 0 saturated carbocycles. The lowest BCUT2D eigenvalue weighted by Gasteiger charge is -2.08. The molecule has 18 heavy (non-hydrogen) atoms. The van der Waals surface area contributed by atoms with Crippen molar-refractivity contribution in [3.63, 3.8) is 0 Å². The monoisotopic (exact) mass is 249 g/mol. The maximum absolute atomic E-state index is 11.2. The predicted octanol–water partition coefficient (Wildman–Crippen LogP) is 1.44. The average molecular weight is 249 g/mol. The minimum atomic E-state index is -1.08. The molecule has 1 N–H and O–H groups in total. The molecule has 0 spiro atoms. The highest BCUT2D eigenvalue weighted by molar-refractivity contribution is 5.92. The molecule has 0 aliphatic rings. The maximum atomic E-state index is 11.2. The molecule has 0 aromatic carbocycles. The molecule has 0 unspecified atom stereocenters. The fourth-order valence-corrected chi connectivity index (χ4v) is 1.73. The molecule has 2 aromatic heterocycles. The topological polar surface area (TPSA) is 85.8 Å². The van der Waals surface area contributed by atoms with Gasteiger partial charge < -0.3 is 5.11 Å². The third kappa shape index (κ3) is 1.99. The smallest absolute Gasteiger partial charge is 0.358 e. The van der Waals surface area contributed by atoms with Gasteiger partial charge in [-0.2, -0.15) is 5.10 Å². The van der Waals surface area contributed by atoms with E-state index in [1.54, 1.807) is 21.8 Å². The molecule has 0 saturated heterocycles. The van der Waals surface area contributed by atoms with Crippen molar-refractivity contribution < 1.29 is 9.90 Å². The van der Waals surface area contributed by atoms with Crippen molar-refractivity contribution in [1.82, 2.24) is 24.8 Å². The molecule has 0 fully saturated rings. The summed E-state index contributed by atoms with van der Waals surface area (Å²) in [6, 6.07) is 0.0329. The number of nitrogens with zero attached hydrogens (tertiary/aromatic N) is 5. The van der Waals surface area contributed by atoms with Gasteiger partial charge in [-0.1, -0.05) is 5.21 Å². The van der Waals surface area contributed by atoms with Crippen LogP contribution in [0.15, 0.2) is 12.4 Å². The van der Waals surface area contributed by atoms with Crippen LogP contribution in [0.4, 0.5) is 0 Å². The standard InChI is InChI=1S/C11H15N5O2/c1-4-15-6-8(5-12-15)10-9(11(17)18)13-14-16(10)7(2)3/h5-7H,4H2,1-3H3,(H,17,18).